The fourth-order valence-electron chi connectivity index (χ4n) is 1.88. The summed E-state index contributed by atoms with van der Waals surface area (Å²) in [5, 5.41) is 8.17. The Morgan fingerprint density at radius 1 is 1.28 bits per heavy atom. The van der Waals surface area contributed by atoms with Crippen molar-refractivity contribution in [3.8, 4) is 0 Å². The second kappa shape index (κ2) is 5.55. The van der Waals surface area contributed by atoms with Gasteiger partial charge in [0, 0.05) is 23.2 Å². The van der Waals surface area contributed by atoms with Gasteiger partial charge in [-0.15, -0.1) is 0 Å². The fraction of sp³-hybridized carbons (Fsp3) is 0.357. The van der Waals surface area contributed by atoms with E-state index in [4.69, 9.17) is 16.1 Å². The minimum absolute atomic E-state index is 0.260. The lowest BCUT2D eigenvalue weighted by Crippen LogP contribution is -2.18. The van der Waals surface area contributed by atoms with Crippen LogP contribution in [0.2, 0.25) is 5.02 Å². The minimum atomic E-state index is 0.260. The monoisotopic (exact) mass is 264 g/mol. The van der Waals surface area contributed by atoms with Gasteiger partial charge >= 0.3 is 0 Å². The summed E-state index contributed by atoms with van der Waals surface area (Å²) in [5.41, 5.74) is 3.30. The van der Waals surface area contributed by atoms with Crippen LogP contribution in [0.4, 0.5) is 0 Å². The number of rotatable bonds is 4. The van der Waals surface area contributed by atoms with E-state index in [1.54, 1.807) is 0 Å². The highest BCUT2D eigenvalue weighted by molar-refractivity contribution is 6.30. The van der Waals surface area contributed by atoms with Crippen LogP contribution in [0.5, 0.6) is 0 Å². The van der Waals surface area contributed by atoms with E-state index in [1.807, 2.05) is 38.1 Å². The van der Waals surface area contributed by atoms with Gasteiger partial charge in [-0.2, -0.15) is 0 Å². The van der Waals surface area contributed by atoms with Gasteiger partial charge in [0.25, 0.3) is 0 Å². The van der Waals surface area contributed by atoms with Gasteiger partial charge in [0.1, 0.15) is 5.76 Å². The molecule has 0 unspecified atom stereocenters. The number of aromatic nitrogens is 1. The van der Waals surface area contributed by atoms with E-state index < -0.39 is 0 Å². The Balaban J connectivity index is 2.00. The highest BCUT2D eigenvalue weighted by Crippen LogP contribution is 2.18. The zero-order chi connectivity index (χ0) is 13.1. The number of aryl methyl sites for hydroxylation is 2. The summed E-state index contributed by atoms with van der Waals surface area (Å²) in [6.45, 7) is 6.77. The molecule has 0 fully saturated rings. The third-order valence-corrected chi connectivity index (χ3v) is 3.39. The maximum atomic E-state index is 5.88. The molecule has 0 amide bonds. The predicted octanol–water partition coefficient (Wildman–Crippen LogP) is 3.80. The molecule has 1 aromatic heterocycles. The van der Waals surface area contributed by atoms with Crippen molar-refractivity contribution in [1.82, 2.24) is 10.5 Å². The van der Waals surface area contributed by atoms with Crippen LogP contribution in [0.15, 0.2) is 28.8 Å². The second-order valence-corrected chi connectivity index (χ2v) is 4.89. The summed E-state index contributed by atoms with van der Waals surface area (Å²) in [6.07, 6.45) is 0. The molecule has 0 radical (unpaired) electrons. The SMILES string of the molecule is Cc1noc(C)c1CN[C@H](C)c1ccc(Cl)cc1. The van der Waals surface area contributed by atoms with Crippen LogP contribution in [0.3, 0.4) is 0 Å². The van der Waals surface area contributed by atoms with Gasteiger partial charge in [-0.05, 0) is 38.5 Å². The van der Waals surface area contributed by atoms with E-state index in [0.29, 0.717) is 0 Å². The smallest absolute Gasteiger partial charge is 0.138 e. The van der Waals surface area contributed by atoms with Gasteiger partial charge in [0.15, 0.2) is 0 Å². The lowest BCUT2D eigenvalue weighted by Gasteiger charge is -2.14. The Kier molecular flexibility index (Phi) is 4.04. The molecule has 0 bridgehead atoms. The predicted molar refractivity (Wildman–Crippen MR) is 72.7 cm³/mol. The van der Waals surface area contributed by atoms with Crippen LogP contribution < -0.4 is 5.32 Å². The van der Waals surface area contributed by atoms with Gasteiger partial charge in [-0.1, -0.05) is 28.9 Å². The van der Waals surface area contributed by atoms with E-state index in [1.165, 1.54) is 5.56 Å². The van der Waals surface area contributed by atoms with E-state index in [-0.39, 0.29) is 6.04 Å². The van der Waals surface area contributed by atoms with Crippen molar-refractivity contribution in [2.45, 2.75) is 33.4 Å². The van der Waals surface area contributed by atoms with Gasteiger partial charge in [-0.3, -0.25) is 0 Å². The van der Waals surface area contributed by atoms with Gasteiger partial charge in [-0.25, -0.2) is 0 Å². The molecule has 96 valence electrons. The molecule has 18 heavy (non-hydrogen) atoms. The number of nitrogens with one attached hydrogen (secondary N) is 1. The summed E-state index contributed by atoms with van der Waals surface area (Å²) in [4.78, 5) is 0. The molecule has 4 heteroatoms. The Labute approximate surface area is 112 Å². The van der Waals surface area contributed by atoms with Crippen LogP contribution in [0, 0.1) is 13.8 Å². The van der Waals surface area contributed by atoms with Crippen molar-refractivity contribution >= 4 is 11.6 Å². The van der Waals surface area contributed by atoms with Gasteiger partial charge < -0.3 is 9.84 Å². The molecular weight excluding hydrogens is 248 g/mol. The Morgan fingerprint density at radius 3 is 2.50 bits per heavy atom. The molecule has 0 saturated heterocycles. The van der Waals surface area contributed by atoms with Gasteiger partial charge in [0.05, 0.1) is 5.69 Å². The first-order valence-corrected chi connectivity index (χ1v) is 6.36. The maximum absolute atomic E-state index is 5.88. The maximum Gasteiger partial charge on any atom is 0.138 e. The van der Waals surface area contributed by atoms with Crippen LogP contribution in [-0.4, -0.2) is 5.16 Å². The minimum Gasteiger partial charge on any atom is -0.361 e. The lowest BCUT2D eigenvalue weighted by molar-refractivity contribution is 0.391. The number of hydrogen-bond donors (Lipinski definition) is 1. The summed E-state index contributed by atoms with van der Waals surface area (Å²) < 4.78 is 5.14. The molecule has 0 aliphatic heterocycles. The molecule has 0 aliphatic carbocycles. The topological polar surface area (TPSA) is 38.1 Å². The molecule has 0 spiro atoms. The van der Waals surface area contributed by atoms with E-state index in [0.717, 1.165) is 28.6 Å². The molecule has 2 aromatic rings. The zero-order valence-electron chi connectivity index (χ0n) is 10.8. The third-order valence-electron chi connectivity index (χ3n) is 3.14. The van der Waals surface area contributed by atoms with Crippen LogP contribution in [-0.2, 0) is 6.54 Å². The summed E-state index contributed by atoms with van der Waals surface area (Å²) in [6, 6.07) is 8.15. The Morgan fingerprint density at radius 2 is 1.94 bits per heavy atom. The molecule has 0 aliphatic rings. The van der Waals surface area contributed by atoms with Crippen molar-refractivity contribution in [1.29, 1.82) is 0 Å². The molecule has 1 N–H and O–H groups in total. The molecule has 1 heterocycles. The highest BCUT2D eigenvalue weighted by Gasteiger charge is 2.11. The average Bonchev–Trinajstić information content (AvgIpc) is 2.67. The van der Waals surface area contributed by atoms with Crippen molar-refractivity contribution < 1.29 is 4.52 Å². The van der Waals surface area contributed by atoms with E-state index in [2.05, 4.69) is 17.4 Å². The normalized spacial score (nSPS) is 12.7. The fourth-order valence-corrected chi connectivity index (χ4v) is 2.00. The molecular formula is C14H17ClN2O. The van der Waals surface area contributed by atoms with Crippen LogP contribution in [0.1, 0.15) is 35.5 Å². The number of hydrogen-bond acceptors (Lipinski definition) is 3. The first-order valence-electron chi connectivity index (χ1n) is 5.98. The van der Waals surface area contributed by atoms with E-state index >= 15 is 0 Å². The van der Waals surface area contributed by atoms with Crippen molar-refractivity contribution in [3.05, 3.63) is 51.9 Å². The first kappa shape index (κ1) is 13.1. The van der Waals surface area contributed by atoms with Crippen molar-refractivity contribution in [2.75, 3.05) is 0 Å². The molecule has 3 nitrogen and oxygen atoms in total. The molecule has 0 saturated carbocycles. The summed E-state index contributed by atoms with van der Waals surface area (Å²) >= 11 is 5.88. The summed E-state index contributed by atoms with van der Waals surface area (Å²) in [5.74, 6) is 0.878. The lowest BCUT2D eigenvalue weighted by atomic mass is 10.1. The largest absolute Gasteiger partial charge is 0.361 e. The van der Waals surface area contributed by atoms with Gasteiger partial charge in [0.2, 0.25) is 0 Å². The van der Waals surface area contributed by atoms with Crippen LogP contribution in [0.25, 0.3) is 0 Å². The summed E-state index contributed by atoms with van der Waals surface area (Å²) in [7, 11) is 0. The number of halogens is 1. The zero-order valence-corrected chi connectivity index (χ0v) is 11.6. The Hall–Kier alpha value is -1.32. The van der Waals surface area contributed by atoms with Crippen molar-refractivity contribution in [2.24, 2.45) is 0 Å². The highest BCUT2D eigenvalue weighted by atomic mass is 35.5. The standard InChI is InChI=1S/C14H17ClN2O/c1-9(12-4-6-13(15)7-5-12)16-8-14-10(2)17-18-11(14)3/h4-7,9,16H,8H2,1-3H3/t9-/m1/s1. The number of benzene rings is 1. The second-order valence-electron chi connectivity index (χ2n) is 4.46. The number of nitrogens with zero attached hydrogens (tertiary/aromatic N) is 1. The first-order chi connectivity index (χ1) is 8.58. The van der Waals surface area contributed by atoms with E-state index in [9.17, 15) is 0 Å². The third kappa shape index (κ3) is 2.92. The average molecular weight is 265 g/mol. The van der Waals surface area contributed by atoms with Crippen LogP contribution >= 0.6 is 11.6 Å². The molecule has 1 aromatic carbocycles. The van der Waals surface area contributed by atoms with Crippen molar-refractivity contribution in [3.63, 3.8) is 0 Å². The quantitative estimate of drug-likeness (QED) is 0.913. The molecule has 2 rings (SSSR count). The molecule has 1 atom stereocenters. The Bertz CT molecular complexity index is 500.